The Bertz CT molecular complexity index is 1490. The Morgan fingerprint density at radius 2 is 1.94 bits per heavy atom. The zero-order chi connectivity index (χ0) is 24.5. The summed E-state index contributed by atoms with van der Waals surface area (Å²) < 4.78 is 15.3. The summed E-state index contributed by atoms with van der Waals surface area (Å²) in [7, 11) is 1.78. The highest BCUT2D eigenvalue weighted by atomic mass is 35.5. The van der Waals surface area contributed by atoms with E-state index in [0.717, 1.165) is 16.3 Å². The predicted molar refractivity (Wildman–Crippen MR) is 134 cm³/mol. The molecule has 9 nitrogen and oxygen atoms in total. The predicted octanol–water partition coefficient (Wildman–Crippen LogP) is 2.74. The van der Waals surface area contributed by atoms with Crippen LogP contribution in [0, 0.1) is 5.82 Å². The van der Waals surface area contributed by atoms with Gasteiger partial charge in [-0.2, -0.15) is 5.10 Å². The van der Waals surface area contributed by atoms with E-state index in [1.54, 1.807) is 30.2 Å². The summed E-state index contributed by atoms with van der Waals surface area (Å²) >= 11 is 6.48. The SMILES string of the molecule is CCC(Nc1ncnc(N)c1-c1ncn(C)n1)[C@@H]1N=c2cccc(Cl)c2=CN1c1ccc(F)cc1. The summed E-state index contributed by atoms with van der Waals surface area (Å²) in [6.07, 6.45) is 5.23. The van der Waals surface area contributed by atoms with Crippen LogP contribution in [0.3, 0.4) is 0 Å². The van der Waals surface area contributed by atoms with Gasteiger partial charge in [0.25, 0.3) is 0 Å². The summed E-state index contributed by atoms with van der Waals surface area (Å²) in [6, 6.07) is 11.7. The van der Waals surface area contributed by atoms with E-state index >= 15 is 0 Å². The van der Waals surface area contributed by atoms with Gasteiger partial charge in [-0.3, -0.25) is 9.67 Å². The van der Waals surface area contributed by atoms with Crippen LogP contribution in [0.15, 0.2) is 60.1 Å². The number of halogens is 2. The van der Waals surface area contributed by atoms with Crippen molar-refractivity contribution >= 4 is 35.1 Å². The van der Waals surface area contributed by atoms with Crippen molar-refractivity contribution in [3.8, 4) is 11.4 Å². The molecule has 2 atom stereocenters. The molecule has 4 aromatic rings. The van der Waals surface area contributed by atoms with Gasteiger partial charge in [-0.15, -0.1) is 0 Å². The van der Waals surface area contributed by atoms with Crippen molar-refractivity contribution in [2.24, 2.45) is 12.0 Å². The van der Waals surface area contributed by atoms with Crippen LogP contribution in [0.1, 0.15) is 13.3 Å². The minimum Gasteiger partial charge on any atom is -0.383 e. The molecule has 2 aromatic carbocycles. The average Bonchev–Trinajstić information content (AvgIpc) is 3.28. The number of nitrogen functional groups attached to an aromatic ring is 1. The number of rotatable bonds is 6. The molecule has 11 heteroatoms. The molecular formula is C24H23ClFN9. The standard InChI is InChI=1S/C24H23ClFN9/c1-3-18(31-22-20(21(27)28-12-29-22)23-30-13-34(2)33-23)24-32-19-6-4-5-17(25)16(19)11-35(24)15-9-7-14(26)8-10-15/h4-13,18,24H,3H2,1-2H3,(H3,27,28,29,31)/t18?,24-/m1/s1. The maximum atomic E-state index is 13.7. The van der Waals surface area contributed by atoms with Crippen LogP contribution in [0.4, 0.5) is 21.7 Å². The molecule has 1 unspecified atom stereocenters. The van der Waals surface area contributed by atoms with Crippen molar-refractivity contribution in [3.05, 3.63) is 76.5 Å². The van der Waals surface area contributed by atoms with Gasteiger partial charge in [-0.1, -0.05) is 24.6 Å². The molecule has 2 aromatic heterocycles. The van der Waals surface area contributed by atoms with Crippen LogP contribution >= 0.6 is 11.6 Å². The maximum absolute atomic E-state index is 13.7. The third-order valence-corrected chi connectivity index (χ3v) is 6.13. The lowest BCUT2D eigenvalue weighted by Gasteiger charge is -2.36. The molecule has 0 fully saturated rings. The first-order chi connectivity index (χ1) is 16.9. The molecule has 0 spiro atoms. The lowest BCUT2D eigenvalue weighted by molar-refractivity contribution is 0.537. The molecule has 0 amide bonds. The normalized spacial score (nSPS) is 15.7. The van der Waals surface area contributed by atoms with E-state index in [0.29, 0.717) is 28.6 Å². The second-order valence-corrected chi connectivity index (χ2v) is 8.52. The highest BCUT2D eigenvalue weighted by molar-refractivity contribution is 6.30. The smallest absolute Gasteiger partial charge is 0.188 e. The molecule has 0 saturated heterocycles. The summed E-state index contributed by atoms with van der Waals surface area (Å²) in [4.78, 5) is 19.9. The number of hydrogen-bond donors (Lipinski definition) is 2. The fourth-order valence-electron chi connectivity index (χ4n) is 4.06. The zero-order valence-corrected chi connectivity index (χ0v) is 19.9. The van der Waals surface area contributed by atoms with Gasteiger partial charge < -0.3 is 16.0 Å². The summed E-state index contributed by atoms with van der Waals surface area (Å²) in [5, 5.41) is 10.0. The number of aromatic nitrogens is 5. The quantitative estimate of drug-likeness (QED) is 0.426. The van der Waals surface area contributed by atoms with Crippen LogP contribution in [0.2, 0.25) is 5.02 Å². The number of anilines is 3. The lowest BCUT2D eigenvalue weighted by atomic mass is 10.1. The molecule has 3 N–H and O–H groups in total. The van der Waals surface area contributed by atoms with E-state index in [4.69, 9.17) is 22.3 Å². The Hall–Kier alpha value is -4.05. The number of aryl methyl sites for hydroxylation is 1. The molecule has 5 rings (SSSR count). The van der Waals surface area contributed by atoms with Crippen LogP contribution in [-0.4, -0.2) is 36.9 Å². The monoisotopic (exact) mass is 491 g/mol. The molecule has 0 bridgehead atoms. The highest BCUT2D eigenvalue weighted by Gasteiger charge is 2.29. The second kappa shape index (κ2) is 9.30. The van der Waals surface area contributed by atoms with Gasteiger partial charge in [-0.05, 0) is 42.8 Å². The first-order valence-corrected chi connectivity index (χ1v) is 11.4. The third kappa shape index (κ3) is 4.40. The van der Waals surface area contributed by atoms with Crippen molar-refractivity contribution < 1.29 is 4.39 Å². The number of benzene rings is 2. The number of nitrogens with one attached hydrogen (secondary N) is 1. The van der Waals surface area contributed by atoms with Crippen molar-refractivity contribution in [2.45, 2.75) is 25.6 Å². The van der Waals surface area contributed by atoms with Gasteiger partial charge in [0.15, 0.2) is 5.82 Å². The van der Waals surface area contributed by atoms with E-state index in [1.165, 1.54) is 18.5 Å². The van der Waals surface area contributed by atoms with Crippen molar-refractivity contribution in [1.29, 1.82) is 0 Å². The van der Waals surface area contributed by atoms with Gasteiger partial charge >= 0.3 is 0 Å². The summed E-state index contributed by atoms with van der Waals surface area (Å²) in [5.74, 6) is 0.874. The van der Waals surface area contributed by atoms with Crippen LogP contribution < -0.4 is 26.5 Å². The Labute approximate surface area is 205 Å². The van der Waals surface area contributed by atoms with Gasteiger partial charge in [0.1, 0.15) is 41.8 Å². The van der Waals surface area contributed by atoms with Crippen LogP contribution in [0.5, 0.6) is 0 Å². The molecule has 0 aliphatic carbocycles. The second-order valence-electron chi connectivity index (χ2n) is 8.11. The van der Waals surface area contributed by atoms with E-state index in [-0.39, 0.29) is 17.7 Å². The number of fused-ring (bicyclic) bond motifs is 1. The van der Waals surface area contributed by atoms with E-state index in [1.807, 2.05) is 36.2 Å². The van der Waals surface area contributed by atoms with Crippen molar-refractivity contribution in [2.75, 3.05) is 16.0 Å². The van der Waals surface area contributed by atoms with E-state index in [2.05, 4.69) is 25.4 Å². The fraction of sp³-hybridized carbons (Fsp3) is 0.208. The minimum absolute atomic E-state index is 0.222. The molecule has 0 saturated carbocycles. The largest absolute Gasteiger partial charge is 0.383 e. The Kier molecular flexibility index (Phi) is 6.04. The lowest BCUT2D eigenvalue weighted by Crippen LogP contribution is -2.50. The molecule has 0 radical (unpaired) electrons. The molecule has 35 heavy (non-hydrogen) atoms. The Balaban J connectivity index is 1.60. The first-order valence-electron chi connectivity index (χ1n) is 11.1. The van der Waals surface area contributed by atoms with Crippen LogP contribution in [0.25, 0.3) is 17.6 Å². The topological polar surface area (TPSA) is 110 Å². The molecule has 178 valence electrons. The minimum atomic E-state index is -0.392. The van der Waals surface area contributed by atoms with E-state index < -0.39 is 6.17 Å². The highest BCUT2D eigenvalue weighted by Crippen LogP contribution is 2.30. The maximum Gasteiger partial charge on any atom is 0.188 e. The Morgan fingerprint density at radius 3 is 2.66 bits per heavy atom. The molecule has 1 aliphatic rings. The average molecular weight is 492 g/mol. The fourth-order valence-corrected chi connectivity index (χ4v) is 4.27. The molecular weight excluding hydrogens is 469 g/mol. The van der Waals surface area contributed by atoms with Gasteiger partial charge in [0.05, 0.1) is 16.4 Å². The van der Waals surface area contributed by atoms with Crippen LogP contribution in [-0.2, 0) is 7.05 Å². The number of nitrogens with two attached hydrogens (primary N) is 1. The van der Waals surface area contributed by atoms with Crippen molar-refractivity contribution in [3.63, 3.8) is 0 Å². The van der Waals surface area contributed by atoms with E-state index in [9.17, 15) is 4.39 Å². The van der Waals surface area contributed by atoms with Crippen molar-refractivity contribution in [1.82, 2.24) is 24.7 Å². The summed E-state index contributed by atoms with van der Waals surface area (Å²) in [6.45, 7) is 2.05. The van der Waals surface area contributed by atoms with Gasteiger partial charge in [0.2, 0.25) is 0 Å². The molecule has 3 heterocycles. The van der Waals surface area contributed by atoms with Gasteiger partial charge in [0, 0.05) is 24.2 Å². The first kappa shape index (κ1) is 22.7. The van der Waals surface area contributed by atoms with Gasteiger partial charge in [-0.25, -0.2) is 19.3 Å². The Morgan fingerprint density at radius 1 is 1.14 bits per heavy atom. The summed E-state index contributed by atoms with van der Waals surface area (Å²) in [5.41, 5.74) is 7.49. The third-order valence-electron chi connectivity index (χ3n) is 5.80. The number of nitrogens with zero attached hydrogens (tertiary/aromatic N) is 7. The molecule has 1 aliphatic heterocycles. The zero-order valence-electron chi connectivity index (χ0n) is 19.1. The number of hydrogen-bond acceptors (Lipinski definition) is 8.